The number of aliphatic carboxylic acids is 1. The Hall–Kier alpha value is -4.01. The largest absolute Gasteiger partial charge is 0.477 e. The van der Waals surface area contributed by atoms with Gasteiger partial charge in [-0.15, -0.1) is 0 Å². The molecule has 2 atom stereocenters. The van der Waals surface area contributed by atoms with E-state index in [4.69, 9.17) is 14.2 Å². The number of esters is 2. The molecule has 0 amide bonds. The number of allylic oxidation sites excluding steroid dienone is 18. The van der Waals surface area contributed by atoms with Gasteiger partial charge in [0, 0.05) is 19.3 Å². The number of carbonyl (C=O) groups excluding carboxylic acids is 2. The number of carbonyl (C=O) groups is 3. The molecule has 8 nitrogen and oxygen atoms in total. The summed E-state index contributed by atoms with van der Waals surface area (Å²) >= 11 is 0. The van der Waals surface area contributed by atoms with Crippen LogP contribution in [-0.2, 0) is 28.6 Å². The van der Waals surface area contributed by atoms with Crippen molar-refractivity contribution >= 4 is 17.9 Å². The number of likely N-dealkylation sites (N-methyl/N-ethyl adjacent to an activating group) is 1. The Morgan fingerprint density at radius 1 is 0.534 bits per heavy atom. The lowest BCUT2D eigenvalue weighted by Crippen LogP contribution is -2.50. The number of hydrogen-bond donors (Lipinski definition) is 1. The van der Waals surface area contributed by atoms with Gasteiger partial charge in [-0.05, 0) is 70.6 Å². The van der Waals surface area contributed by atoms with Crippen molar-refractivity contribution in [3.63, 3.8) is 0 Å². The van der Waals surface area contributed by atoms with Crippen molar-refractivity contribution in [2.24, 2.45) is 0 Å². The summed E-state index contributed by atoms with van der Waals surface area (Å²) in [4.78, 5) is 37.0. The van der Waals surface area contributed by atoms with Crippen LogP contribution in [0.3, 0.4) is 0 Å². The number of hydrogen-bond acceptors (Lipinski definition) is 6. The third-order valence-electron chi connectivity index (χ3n) is 9.05. The van der Waals surface area contributed by atoms with E-state index in [1.807, 2.05) is 69.8 Å². The first-order chi connectivity index (χ1) is 28.1. The smallest absolute Gasteiger partial charge is 0.362 e. The predicted octanol–water partition coefficient (Wildman–Crippen LogP) is 12.1. The van der Waals surface area contributed by atoms with Crippen LogP contribution < -0.4 is 0 Å². The monoisotopic (exact) mass is 807 g/mol. The van der Waals surface area contributed by atoms with Gasteiger partial charge in [0.15, 0.2) is 12.1 Å². The summed E-state index contributed by atoms with van der Waals surface area (Å²) in [7, 11) is 5.49. The van der Waals surface area contributed by atoms with Crippen molar-refractivity contribution in [3.05, 3.63) is 109 Å². The molecule has 0 saturated carbocycles. The van der Waals surface area contributed by atoms with Gasteiger partial charge in [0.1, 0.15) is 6.61 Å². The molecule has 1 N–H and O–H groups in total. The number of carboxylic acids is 1. The molecule has 326 valence electrons. The highest BCUT2D eigenvalue weighted by molar-refractivity contribution is 5.72. The summed E-state index contributed by atoms with van der Waals surface area (Å²) in [6.07, 6.45) is 54.2. The van der Waals surface area contributed by atoms with Crippen molar-refractivity contribution in [2.75, 3.05) is 41.0 Å². The van der Waals surface area contributed by atoms with E-state index in [2.05, 4.69) is 74.6 Å². The van der Waals surface area contributed by atoms with Gasteiger partial charge >= 0.3 is 17.9 Å². The standard InChI is InChI=1S/C50H79NO7/c1-6-8-10-12-14-16-18-20-22-23-24-25-27-28-30-32-34-36-38-40-48(52)57-45-46(44-56-43-42-47(50(54)55)51(3,4)5)58-49(53)41-39-37-35-33-31-29-26-21-19-17-15-13-11-9-7-2/h8-11,13-17,19-22,24-26,29,31,46-47H,6-7,12,18,23,27-28,30,32-45H2,1-5H3/p+1/b10-8+,11-9+,15-13+,16-14+,19-17+,22-20+,25-24+,26-21+,31-29+. The minimum atomic E-state index is -0.891. The van der Waals surface area contributed by atoms with Gasteiger partial charge in [0.05, 0.1) is 34.4 Å². The third-order valence-corrected chi connectivity index (χ3v) is 9.05. The van der Waals surface area contributed by atoms with E-state index in [9.17, 15) is 19.5 Å². The molecule has 0 aromatic rings. The van der Waals surface area contributed by atoms with E-state index in [0.717, 1.165) is 83.5 Å². The molecular formula is C50H80NO7+. The molecule has 0 bridgehead atoms. The molecule has 0 radical (unpaired) electrons. The van der Waals surface area contributed by atoms with E-state index >= 15 is 0 Å². The molecule has 0 aliphatic rings. The zero-order valence-corrected chi connectivity index (χ0v) is 36.9. The maximum absolute atomic E-state index is 12.7. The Morgan fingerprint density at radius 3 is 1.57 bits per heavy atom. The summed E-state index contributed by atoms with van der Waals surface area (Å²) in [6, 6.07) is -0.632. The number of carboxylic acid groups (broad SMARTS) is 1. The van der Waals surface area contributed by atoms with E-state index in [1.54, 1.807) is 0 Å². The van der Waals surface area contributed by atoms with Crippen LogP contribution in [0.2, 0.25) is 0 Å². The number of quaternary nitrogens is 1. The molecule has 0 heterocycles. The second-order valence-electron chi connectivity index (χ2n) is 15.3. The zero-order chi connectivity index (χ0) is 42.8. The van der Waals surface area contributed by atoms with E-state index in [-0.39, 0.29) is 42.7 Å². The minimum absolute atomic E-state index is 0.0309. The number of unbranched alkanes of at least 4 members (excludes halogenated alkanes) is 9. The van der Waals surface area contributed by atoms with Crippen molar-refractivity contribution in [2.45, 2.75) is 148 Å². The van der Waals surface area contributed by atoms with Crippen LogP contribution in [0.4, 0.5) is 0 Å². The Kier molecular flexibility index (Phi) is 37.0. The first kappa shape index (κ1) is 54.0. The van der Waals surface area contributed by atoms with Crippen LogP contribution in [-0.4, -0.2) is 80.6 Å². The molecule has 0 fully saturated rings. The molecule has 8 heteroatoms. The van der Waals surface area contributed by atoms with Crippen molar-refractivity contribution in [1.82, 2.24) is 0 Å². The maximum atomic E-state index is 12.7. The lowest BCUT2D eigenvalue weighted by atomic mass is 10.1. The van der Waals surface area contributed by atoms with Crippen LogP contribution in [0.1, 0.15) is 136 Å². The first-order valence-electron chi connectivity index (χ1n) is 22.0. The van der Waals surface area contributed by atoms with E-state index < -0.39 is 18.1 Å². The van der Waals surface area contributed by atoms with Gasteiger partial charge in [-0.25, -0.2) is 4.79 Å². The molecule has 58 heavy (non-hydrogen) atoms. The van der Waals surface area contributed by atoms with Crippen LogP contribution in [0.5, 0.6) is 0 Å². The molecule has 0 aromatic carbocycles. The fourth-order valence-electron chi connectivity index (χ4n) is 5.69. The second-order valence-corrected chi connectivity index (χ2v) is 15.3. The average Bonchev–Trinajstić information content (AvgIpc) is 3.18. The molecule has 0 rings (SSSR count). The normalized spacial score (nSPS) is 14.0. The van der Waals surface area contributed by atoms with Crippen LogP contribution in [0.15, 0.2) is 109 Å². The van der Waals surface area contributed by atoms with Crippen LogP contribution in [0.25, 0.3) is 0 Å². The second kappa shape index (κ2) is 39.8. The number of nitrogens with zero attached hydrogens (tertiary/aromatic N) is 1. The van der Waals surface area contributed by atoms with Crippen molar-refractivity contribution in [3.8, 4) is 0 Å². The van der Waals surface area contributed by atoms with Gasteiger partial charge < -0.3 is 23.8 Å². The van der Waals surface area contributed by atoms with Gasteiger partial charge in [0.2, 0.25) is 0 Å². The summed E-state index contributed by atoms with van der Waals surface area (Å²) in [5, 5.41) is 9.62. The molecule has 0 aliphatic heterocycles. The fourth-order valence-corrected chi connectivity index (χ4v) is 5.69. The predicted molar refractivity (Wildman–Crippen MR) is 242 cm³/mol. The van der Waals surface area contributed by atoms with Gasteiger partial charge in [-0.1, -0.05) is 155 Å². The average molecular weight is 807 g/mol. The van der Waals surface area contributed by atoms with Gasteiger partial charge in [-0.3, -0.25) is 9.59 Å². The quantitative estimate of drug-likeness (QED) is 0.0219. The topological polar surface area (TPSA) is 99.1 Å². The number of rotatable bonds is 37. The Bertz CT molecular complexity index is 1310. The highest BCUT2D eigenvalue weighted by Crippen LogP contribution is 2.12. The Morgan fingerprint density at radius 2 is 1.00 bits per heavy atom. The lowest BCUT2D eigenvalue weighted by Gasteiger charge is -2.31. The Balaban J connectivity index is 4.46. The summed E-state index contributed by atoms with van der Waals surface area (Å²) < 4.78 is 17.2. The lowest BCUT2D eigenvalue weighted by molar-refractivity contribution is -0.887. The molecule has 0 aliphatic carbocycles. The van der Waals surface area contributed by atoms with Crippen LogP contribution >= 0.6 is 0 Å². The number of ether oxygens (including phenoxy) is 3. The van der Waals surface area contributed by atoms with E-state index in [0.29, 0.717) is 19.3 Å². The van der Waals surface area contributed by atoms with Gasteiger partial charge in [-0.2, -0.15) is 0 Å². The fraction of sp³-hybridized carbons (Fsp3) is 0.580. The summed E-state index contributed by atoms with van der Waals surface area (Å²) in [6.45, 7) is 4.39. The molecule has 0 saturated heterocycles. The summed E-state index contributed by atoms with van der Waals surface area (Å²) in [5.74, 6) is -1.56. The van der Waals surface area contributed by atoms with Crippen molar-refractivity contribution < 1.29 is 38.2 Å². The minimum Gasteiger partial charge on any atom is -0.477 e. The highest BCUT2D eigenvalue weighted by Gasteiger charge is 2.31. The maximum Gasteiger partial charge on any atom is 0.362 e. The summed E-state index contributed by atoms with van der Waals surface area (Å²) in [5.41, 5.74) is 0. The van der Waals surface area contributed by atoms with Crippen LogP contribution in [0, 0.1) is 0 Å². The Labute approximate surface area is 353 Å². The molecule has 0 spiro atoms. The third kappa shape index (κ3) is 37.6. The molecule has 2 unspecified atom stereocenters. The zero-order valence-electron chi connectivity index (χ0n) is 36.9. The van der Waals surface area contributed by atoms with Gasteiger partial charge in [0.25, 0.3) is 0 Å². The SMILES string of the molecule is CC/C=C/C=C/C=C/C=C/C=C/CCCCCC(=O)OC(COCCC(C(=O)O)[N+](C)(C)C)COC(=O)CCCCCCCC/C=C/C/C=C/C/C=C/C/C=C/CC. The molecular weight excluding hydrogens is 727 g/mol. The first-order valence-corrected chi connectivity index (χ1v) is 22.0. The van der Waals surface area contributed by atoms with E-state index in [1.165, 1.54) is 12.8 Å². The van der Waals surface area contributed by atoms with Crippen molar-refractivity contribution in [1.29, 1.82) is 0 Å². The molecule has 0 aromatic heterocycles. The highest BCUT2D eigenvalue weighted by atomic mass is 16.6.